The van der Waals surface area contributed by atoms with Crippen molar-refractivity contribution < 1.29 is 9.59 Å². The Labute approximate surface area is 178 Å². The maximum atomic E-state index is 12.6. The summed E-state index contributed by atoms with van der Waals surface area (Å²) in [5.41, 5.74) is 4.23. The number of benzene rings is 2. The van der Waals surface area contributed by atoms with Gasteiger partial charge in [0.15, 0.2) is 0 Å². The van der Waals surface area contributed by atoms with E-state index in [0.29, 0.717) is 18.5 Å². The highest BCUT2D eigenvalue weighted by Gasteiger charge is 2.18. The number of hydrogen-bond acceptors (Lipinski definition) is 3. The van der Waals surface area contributed by atoms with E-state index in [-0.39, 0.29) is 11.8 Å². The Morgan fingerprint density at radius 1 is 1.00 bits per heavy atom. The second-order valence-corrected chi connectivity index (χ2v) is 8.84. The van der Waals surface area contributed by atoms with Gasteiger partial charge in [-0.1, -0.05) is 18.2 Å². The molecule has 1 aliphatic heterocycles. The minimum atomic E-state index is 0.0362. The molecule has 0 aromatic heterocycles. The van der Waals surface area contributed by atoms with Crippen molar-refractivity contribution in [1.82, 2.24) is 10.2 Å². The molecule has 1 N–H and O–H groups in total. The van der Waals surface area contributed by atoms with E-state index in [1.54, 1.807) is 11.8 Å². The second kappa shape index (κ2) is 10.5. The van der Waals surface area contributed by atoms with Gasteiger partial charge in [0.05, 0.1) is 0 Å². The molecule has 0 spiro atoms. The maximum absolute atomic E-state index is 12.6. The van der Waals surface area contributed by atoms with Crippen molar-refractivity contribution in [2.45, 2.75) is 51.0 Å². The molecule has 1 aliphatic rings. The number of aryl methyl sites for hydroxylation is 2. The molecule has 29 heavy (non-hydrogen) atoms. The molecule has 154 valence electrons. The Morgan fingerprint density at radius 2 is 1.79 bits per heavy atom. The maximum Gasteiger partial charge on any atom is 0.253 e. The fraction of sp³-hybridized carbons (Fsp3) is 0.417. The Morgan fingerprint density at radius 3 is 2.55 bits per heavy atom. The van der Waals surface area contributed by atoms with Gasteiger partial charge in [-0.2, -0.15) is 0 Å². The van der Waals surface area contributed by atoms with Crippen LogP contribution in [0.1, 0.15) is 52.7 Å². The lowest BCUT2D eigenvalue weighted by Crippen LogP contribution is -2.35. The van der Waals surface area contributed by atoms with Crippen molar-refractivity contribution >= 4 is 23.6 Å². The molecular formula is C24H30N2O2S. The first-order valence-corrected chi connectivity index (χ1v) is 11.4. The molecule has 0 unspecified atom stereocenters. The first-order valence-electron chi connectivity index (χ1n) is 10.4. The second-order valence-electron chi connectivity index (χ2n) is 7.67. The summed E-state index contributed by atoms with van der Waals surface area (Å²) < 4.78 is 0. The molecule has 0 atom stereocenters. The van der Waals surface area contributed by atoms with Crippen LogP contribution in [0.25, 0.3) is 0 Å². The fourth-order valence-corrected chi connectivity index (χ4v) is 4.40. The van der Waals surface area contributed by atoms with Crippen molar-refractivity contribution in [3.05, 3.63) is 64.7 Å². The summed E-state index contributed by atoms with van der Waals surface area (Å²) in [6.45, 7) is 6.35. The van der Waals surface area contributed by atoms with Gasteiger partial charge < -0.3 is 10.2 Å². The van der Waals surface area contributed by atoms with Gasteiger partial charge in [-0.3, -0.25) is 9.59 Å². The normalized spacial score (nSPS) is 13.9. The van der Waals surface area contributed by atoms with E-state index in [1.165, 1.54) is 22.4 Å². The summed E-state index contributed by atoms with van der Waals surface area (Å²) in [5.74, 6) is 0.888. The summed E-state index contributed by atoms with van der Waals surface area (Å²) in [7, 11) is 0. The average molecular weight is 411 g/mol. The topological polar surface area (TPSA) is 49.4 Å². The van der Waals surface area contributed by atoms with Crippen LogP contribution in [0.3, 0.4) is 0 Å². The van der Waals surface area contributed by atoms with Gasteiger partial charge in [0, 0.05) is 42.3 Å². The van der Waals surface area contributed by atoms with Crippen LogP contribution in [0.15, 0.2) is 47.4 Å². The van der Waals surface area contributed by atoms with Crippen LogP contribution in [0.5, 0.6) is 0 Å². The molecule has 2 aromatic rings. The summed E-state index contributed by atoms with van der Waals surface area (Å²) in [5, 5.41) is 2.97. The van der Waals surface area contributed by atoms with E-state index in [9.17, 15) is 9.59 Å². The van der Waals surface area contributed by atoms with Gasteiger partial charge in [-0.25, -0.2) is 0 Å². The van der Waals surface area contributed by atoms with Crippen LogP contribution in [0.2, 0.25) is 0 Å². The molecule has 2 aromatic carbocycles. The van der Waals surface area contributed by atoms with E-state index in [1.807, 2.05) is 29.2 Å². The van der Waals surface area contributed by atoms with Crippen LogP contribution in [-0.2, 0) is 11.3 Å². The number of carbonyl (C=O) groups excluding carboxylic acids is 2. The van der Waals surface area contributed by atoms with Crippen LogP contribution in [0.4, 0.5) is 0 Å². The highest BCUT2D eigenvalue weighted by molar-refractivity contribution is 7.99. The van der Waals surface area contributed by atoms with Gasteiger partial charge in [0.1, 0.15) is 0 Å². The van der Waals surface area contributed by atoms with E-state index >= 15 is 0 Å². The third-order valence-electron chi connectivity index (χ3n) is 5.38. The number of hydrogen-bond donors (Lipinski definition) is 1. The van der Waals surface area contributed by atoms with Crippen molar-refractivity contribution in [3.8, 4) is 0 Å². The number of likely N-dealkylation sites (tertiary alicyclic amines) is 1. The monoisotopic (exact) mass is 410 g/mol. The van der Waals surface area contributed by atoms with Gasteiger partial charge in [-0.15, -0.1) is 11.8 Å². The zero-order chi connectivity index (χ0) is 20.6. The smallest absolute Gasteiger partial charge is 0.253 e. The van der Waals surface area contributed by atoms with Crippen molar-refractivity contribution in [3.63, 3.8) is 0 Å². The first kappa shape index (κ1) is 21.4. The third-order valence-corrected chi connectivity index (χ3v) is 6.38. The summed E-state index contributed by atoms with van der Waals surface area (Å²) >= 11 is 1.70. The van der Waals surface area contributed by atoms with E-state index in [2.05, 4.69) is 37.4 Å². The molecule has 3 rings (SSSR count). The molecule has 1 heterocycles. The molecule has 0 aliphatic carbocycles. The predicted octanol–water partition coefficient (Wildman–Crippen LogP) is 4.73. The summed E-state index contributed by atoms with van der Waals surface area (Å²) in [4.78, 5) is 28.0. The number of thioether (sulfide) groups is 1. The minimum Gasteiger partial charge on any atom is -0.352 e. The highest BCUT2D eigenvalue weighted by Crippen LogP contribution is 2.21. The zero-order valence-corrected chi connectivity index (χ0v) is 18.2. The summed E-state index contributed by atoms with van der Waals surface area (Å²) in [6.07, 6.45) is 3.85. The van der Waals surface area contributed by atoms with Gasteiger partial charge >= 0.3 is 0 Å². The molecule has 1 saturated heterocycles. The van der Waals surface area contributed by atoms with Gasteiger partial charge in [-0.05, 0) is 74.1 Å². The van der Waals surface area contributed by atoms with Crippen LogP contribution >= 0.6 is 11.8 Å². The minimum absolute atomic E-state index is 0.0362. The first-order chi connectivity index (χ1) is 14.0. The Bertz CT molecular complexity index is 860. The SMILES string of the molecule is Cc1ccc(SCCC(=O)NCc2cccc(C(=O)N3CCCCC3)c2)cc1C. The number of nitrogens with zero attached hydrogens (tertiary/aromatic N) is 1. The van der Waals surface area contributed by atoms with E-state index in [4.69, 9.17) is 0 Å². The van der Waals surface area contributed by atoms with Crippen LogP contribution in [0, 0.1) is 13.8 Å². The van der Waals surface area contributed by atoms with E-state index in [0.717, 1.165) is 37.2 Å². The lowest BCUT2D eigenvalue weighted by molar-refractivity contribution is -0.120. The largest absolute Gasteiger partial charge is 0.352 e. The third kappa shape index (κ3) is 6.36. The Hall–Kier alpha value is -2.27. The van der Waals surface area contributed by atoms with Gasteiger partial charge in [0.25, 0.3) is 5.91 Å². The van der Waals surface area contributed by atoms with Crippen LogP contribution < -0.4 is 5.32 Å². The zero-order valence-electron chi connectivity index (χ0n) is 17.4. The van der Waals surface area contributed by atoms with E-state index < -0.39 is 0 Å². The molecule has 1 fully saturated rings. The highest BCUT2D eigenvalue weighted by atomic mass is 32.2. The fourth-order valence-electron chi connectivity index (χ4n) is 3.45. The Balaban J connectivity index is 1.44. The number of nitrogens with one attached hydrogen (secondary N) is 1. The number of piperidine rings is 1. The number of amides is 2. The molecule has 4 nitrogen and oxygen atoms in total. The number of rotatable bonds is 7. The van der Waals surface area contributed by atoms with Crippen LogP contribution in [-0.4, -0.2) is 35.6 Å². The number of carbonyl (C=O) groups is 2. The molecule has 2 amide bonds. The van der Waals surface area contributed by atoms with Crippen molar-refractivity contribution in [1.29, 1.82) is 0 Å². The molecule has 0 bridgehead atoms. The van der Waals surface area contributed by atoms with Crippen molar-refractivity contribution in [2.24, 2.45) is 0 Å². The van der Waals surface area contributed by atoms with Crippen molar-refractivity contribution in [2.75, 3.05) is 18.8 Å². The standard InChI is InChI=1S/C24H30N2O2S/c1-18-9-10-22(15-19(18)2)29-14-11-23(27)25-17-20-7-6-8-21(16-20)24(28)26-12-4-3-5-13-26/h6-10,15-16H,3-5,11-14,17H2,1-2H3,(H,25,27). The summed E-state index contributed by atoms with van der Waals surface area (Å²) in [6, 6.07) is 14.0. The predicted molar refractivity (Wildman–Crippen MR) is 119 cm³/mol. The molecule has 0 radical (unpaired) electrons. The lowest BCUT2D eigenvalue weighted by Gasteiger charge is -2.26. The quantitative estimate of drug-likeness (QED) is 0.672. The Kier molecular flexibility index (Phi) is 7.76. The lowest BCUT2D eigenvalue weighted by atomic mass is 10.1. The molecule has 0 saturated carbocycles. The van der Waals surface area contributed by atoms with Gasteiger partial charge in [0.2, 0.25) is 5.91 Å². The molecular weight excluding hydrogens is 380 g/mol. The average Bonchev–Trinajstić information content (AvgIpc) is 2.75. The molecule has 5 heteroatoms.